The molecule has 0 saturated carbocycles. The number of nitro benzene ring substituents is 1. The molecule has 0 spiro atoms. The molecule has 0 amide bonds. The first kappa shape index (κ1) is 21.2. The Morgan fingerprint density at radius 2 is 2.00 bits per heavy atom. The van der Waals surface area contributed by atoms with Crippen molar-refractivity contribution in [1.82, 2.24) is 4.90 Å². The molecular formula is C24H22N2O7. The first-order chi connectivity index (χ1) is 16.0. The number of ether oxygens (including phenoxy) is 3. The van der Waals surface area contributed by atoms with Crippen LogP contribution in [0.15, 0.2) is 63.5 Å². The van der Waals surface area contributed by atoms with E-state index in [0.717, 1.165) is 16.5 Å². The number of aryl methyl sites for hydroxylation is 1. The smallest absolute Gasteiger partial charge is 0.336 e. The summed E-state index contributed by atoms with van der Waals surface area (Å²) < 4.78 is 22.7. The second-order valence-corrected chi connectivity index (χ2v) is 7.96. The molecule has 0 aliphatic carbocycles. The highest BCUT2D eigenvalue weighted by Crippen LogP contribution is 2.44. The highest BCUT2D eigenvalue weighted by Gasteiger charge is 2.36. The van der Waals surface area contributed by atoms with E-state index in [0.29, 0.717) is 49.1 Å². The molecule has 1 fully saturated rings. The first-order valence-electron chi connectivity index (χ1n) is 10.6. The Bertz CT molecular complexity index is 1310. The fourth-order valence-electron chi connectivity index (χ4n) is 4.27. The summed E-state index contributed by atoms with van der Waals surface area (Å²) in [6.07, 6.45) is 1.84. The third kappa shape index (κ3) is 4.20. The molecule has 2 aliphatic rings. The topological polar surface area (TPSA) is 104 Å². The number of rotatable bonds is 5. The van der Waals surface area contributed by atoms with Gasteiger partial charge in [-0.3, -0.25) is 15.0 Å². The molecule has 5 rings (SSSR count). The number of hydrogen-bond acceptors (Lipinski definition) is 8. The zero-order chi connectivity index (χ0) is 22.9. The van der Waals surface area contributed by atoms with Crippen molar-refractivity contribution >= 4 is 16.7 Å². The maximum absolute atomic E-state index is 11.7. The van der Waals surface area contributed by atoms with Gasteiger partial charge < -0.3 is 18.6 Å². The summed E-state index contributed by atoms with van der Waals surface area (Å²) in [5.41, 5.74) is 1.70. The van der Waals surface area contributed by atoms with E-state index < -0.39 is 10.5 Å². The lowest BCUT2D eigenvalue weighted by Gasteiger charge is -2.32. The van der Waals surface area contributed by atoms with E-state index in [-0.39, 0.29) is 18.3 Å². The van der Waals surface area contributed by atoms with Gasteiger partial charge in [-0.25, -0.2) is 4.79 Å². The fourth-order valence-corrected chi connectivity index (χ4v) is 4.27. The minimum Gasteiger partial charge on any atom is -0.489 e. The first-order valence-corrected chi connectivity index (χ1v) is 10.6. The van der Waals surface area contributed by atoms with Crippen LogP contribution < -0.4 is 15.1 Å². The predicted molar refractivity (Wildman–Crippen MR) is 120 cm³/mol. The summed E-state index contributed by atoms with van der Waals surface area (Å²) in [7, 11) is 0. The van der Waals surface area contributed by atoms with Crippen LogP contribution in [0.3, 0.4) is 0 Å². The fraction of sp³-hybridized carbons (Fsp3) is 0.292. The van der Waals surface area contributed by atoms with Crippen LogP contribution in [0.1, 0.15) is 17.2 Å². The predicted octanol–water partition coefficient (Wildman–Crippen LogP) is 3.74. The molecule has 0 radical (unpaired) electrons. The average molecular weight is 450 g/mol. The van der Waals surface area contributed by atoms with Gasteiger partial charge in [0, 0.05) is 48.3 Å². The molecule has 3 heterocycles. The molecule has 0 N–H and O–H groups in total. The van der Waals surface area contributed by atoms with Gasteiger partial charge in [-0.1, -0.05) is 0 Å². The number of benzene rings is 2. The molecule has 3 aromatic rings. The molecule has 1 saturated heterocycles. The van der Waals surface area contributed by atoms with Gasteiger partial charge in [0.25, 0.3) is 5.69 Å². The summed E-state index contributed by atoms with van der Waals surface area (Å²) >= 11 is 0. The number of morpholine rings is 1. The molecule has 2 aromatic carbocycles. The molecule has 1 aromatic heterocycles. The molecule has 2 aliphatic heterocycles. The third-order valence-electron chi connectivity index (χ3n) is 5.86. The summed E-state index contributed by atoms with van der Waals surface area (Å²) in [5.74, 6) is 1.82. The number of nitro groups is 1. The summed E-state index contributed by atoms with van der Waals surface area (Å²) in [5, 5.41) is 12.1. The standard InChI is InChI=1S/C24H22N2O7/c1-15-12-23(27)33-22-14-17(3-4-18(15)22)31-9-6-21-24(25-7-10-30-11-8-25)19-13-16(26(28)29)2-5-20(19)32-21/h2-6,12-14,24H,7-11H2,1H3/b21-6-/t24-/m1/s1. The van der Waals surface area contributed by atoms with Gasteiger partial charge in [-0.15, -0.1) is 0 Å². The number of fused-ring (bicyclic) bond motifs is 2. The van der Waals surface area contributed by atoms with Gasteiger partial charge in [0.05, 0.1) is 24.2 Å². The van der Waals surface area contributed by atoms with Crippen molar-refractivity contribution in [1.29, 1.82) is 0 Å². The van der Waals surface area contributed by atoms with Gasteiger partial charge in [-0.05, 0) is 36.8 Å². The van der Waals surface area contributed by atoms with Crippen LogP contribution in [-0.2, 0) is 4.74 Å². The summed E-state index contributed by atoms with van der Waals surface area (Å²) in [4.78, 5) is 24.8. The van der Waals surface area contributed by atoms with Crippen molar-refractivity contribution in [3.05, 3.63) is 86.0 Å². The minimum absolute atomic E-state index is 0.0288. The quantitative estimate of drug-likeness (QED) is 0.329. The molecule has 33 heavy (non-hydrogen) atoms. The summed E-state index contributed by atoms with van der Waals surface area (Å²) in [6.45, 7) is 4.64. The van der Waals surface area contributed by atoms with Crippen LogP contribution in [0.25, 0.3) is 11.0 Å². The molecule has 1 atom stereocenters. The van der Waals surface area contributed by atoms with Crippen LogP contribution in [0.2, 0.25) is 0 Å². The van der Waals surface area contributed by atoms with Crippen molar-refractivity contribution in [3.8, 4) is 11.5 Å². The van der Waals surface area contributed by atoms with Crippen molar-refractivity contribution in [3.63, 3.8) is 0 Å². The zero-order valence-electron chi connectivity index (χ0n) is 18.0. The Labute approximate surface area is 188 Å². The van der Waals surface area contributed by atoms with E-state index in [4.69, 9.17) is 18.6 Å². The lowest BCUT2D eigenvalue weighted by Crippen LogP contribution is -2.39. The van der Waals surface area contributed by atoms with E-state index in [9.17, 15) is 14.9 Å². The highest BCUT2D eigenvalue weighted by atomic mass is 16.6. The minimum atomic E-state index is -0.404. The molecule has 9 nitrogen and oxygen atoms in total. The molecular weight excluding hydrogens is 428 g/mol. The molecule has 9 heteroatoms. The van der Waals surface area contributed by atoms with Gasteiger partial charge in [0.1, 0.15) is 29.4 Å². The van der Waals surface area contributed by atoms with Crippen LogP contribution >= 0.6 is 0 Å². The molecule has 0 unspecified atom stereocenters. The van der Waals surface area contributed by atoms with Crippen LogP contribution in [0.4, 0.5) is 5.69 Å². The van der Waals surface area contributed by atoms with Gasteiger partial charge in [0.2, 0.25) is 0 Å². The Kier molecular flexibility index (Phi) is 5.57. The maximum Gasteiger partial charge on any atom is 0.336 e. The Balaban J connectivity index is 1.40. The van der Waals surface area contributed by atoms with Crippen LogP contribution in [0.5, 0.6) is 11.5 Å². The Hall–Kier alpha value is -3.69. The van der Waals surface area contributed by atoms with Crippen LogP contribution in [-0.4, -0.2) is 42.7 Å². The van der Waals surface area contributed by atoms with E-state index in [1.807, 2.05) is 25.1 Å². The second-order valence-electron chi connectivity index (χ2n) is 7.96. The van der Waals surface area contributed by atoms with Crippen molar-refractivity contribution in [2.24, 2.45) is 0 Å². The van der Waals surface area contributed by atoms with Crippen molar-refractivity contribution in [2.45, 2.75) is 13.0 Å². The van der Waals surface area contributed by atoms with E-state index in [1.54, 1.807) is 18.2 Å². The lowest BCUT2D eigenvalue weighted by molar-refractivity contribution is -0.384. The van der Waals surface area contributed by atoms with E-state index in [1.165, 1.54) is 12.1 Å². The average Bonchev–Trinajstić information content (AvgIpc) is 3.16. The maximum atomic E-state index is 11.7. The van der Waals surface area contributed by atoms with Crippen molar-refractivity contribution in [2.75, 3.05) is 32.9 Å². The molecule has 170 valence electrons. The largest absolute Gasteiger partial charge is 0.489 e. The van der Waals surface area contributed by atoms with Crippen LogP contribution in [0, 0.1) is 17.0 Å². The second kappa shape index (κ2) is 8.68. The SMILES string of the molecule is Cc1cc(=O)oc2cc(OC/C=C3\Oc4ccc([N+](=O)[O-])cc4[C@H]3N3CCOCC3)ccc12. The Morgan fingerprint density at radius 3 is 2.79 bits per heavy atom. The highest BCUT2D eigenvalue weighted by molar-refractivity contribution is 5.81. The van der Waals surface area contributed by atoms with E-state index >= 15 is 0 Å². The monoisotopic (exact) mass is 450 g/mol. The number of nitrogens with zero attached hydrogens (tertiary/aromatic N) is 2. The normalized spacial score (nSPS) is 19.4. The summed E-state index contributed by atoms with van der Waals surface area (Å²) in [6, 6.07) is 11.2. The van der Waals surface area contributed by atoms with Gasteiger partial charge in [0.15, 0.2) is 0 Å². The van der Waals surface area contributed by atoms with Gasteiger partial charge in [-0.2, -0.15) is 0 Å². The number of non-ortho nitro benzene ring substituents is 1. The number of hydrogen-bond donors (Lipinski definition) is 0. The lowest BCUT2D eigenvalue weighted by atomic mass is 10.0. The third-order valence-corrected chi connectivity index (χ3v) is 5.86. The Morgan fingerprint density at radius 1 is 1.18 bits per heavy atom. The van der Waals surface area contributed by atoms with Crippen molar-refractivity contribution < 1.29 is 23.6 Å². The van der Waals surface area contributed by atoms with Gasteiger partial charge >= 0.3 is 5.63 Å². The zero-order valence-corrected chi connectivity index (χ0v) is 18.0. The molecule has 0 bridgehead atoms. The van der Waals surface area contributed by atoms with E-state index in [2.05, 4.69) is 4.90 Å².